The standard InChI is InChI=1S/C22H36FN5O2/c1-5-30-21(29-4)10-24-9-16-6-7-20(23)22(25-16)26-11-19(12-26)28-14-17-8-18(28)13-27(17)15(2)3/h6-7,15,17-19,21,24H,5,8-14H2,1-4H3/t17?,18-,21?/m0/s1. The van der Waals surface area contributed by atoms with E-state index >= 15 is 0 Å². The smallest absolute Gasteiger partial charge is 0.169 e. The number of aromatic nitrogens is 1. The van der Waals surface area contributed by atoms with Gasteiger partial charge in [-0.1, -0.05) is 0 Å². The Morgan fingerprint density at radius 1 is 1.17 bits per heavy atom. The molecule has 0 aliphatic carbocycles. The monoisotopic (exact) mass is 421 g/mol. The van der Waals surface area contributed by atoms with E-state index < -0.39 is 0 Å². The Morgan fingerprint density at radius 2 is 1.97 bits per heavy atom. The van der Waals surface area contributed by atoms with E-state index in [1.54, 1.807) is 13.2 Å². The van der Waals surface area contributed by atoms with E-state index in [4.69, 9.17) is 9.47 Å². The molecule has 0 amide bonds. The molecule has 0 saturated carbocycles. The molecule has 0 radical (unpaired) electrons. The Bertz CT molecular complexity index is 715. The number of likely N-dealkylation sites (tertiary alicyclic amines) is 2. The summed E-state index contributed by atoms with van der Waals surface area (Å²) in [5.41, 5.74) is 0.828. The van der Waals surface area contributed by atoms with Gasteiger partial charge in [0.15, 0.2) is 17.9 Å². The van der Waals surface area contributed by atoms with Gasteiger partial charge < -0.3 is 19.7 Å². The Labute approximate surface area is 179 Å². The second-order valence-electron chi connectivity index (χ2n) is 8.95. The zero-order valence-electron chi connectivity index (χ0n) is 18.7. The van der Waals surface area contributed by atoms with Gasteiger partial charge in [0.05, 0.1) is 5.69 Å². The van der Waals surface area contributed by atoms with Gasteiger partial charge in [0, 0.05) is 77.2 Å². The first-order chi connectivity index (χ1) is 14.5. The predicted octanol–water partition coefficient (Wildman–Crippen LogP) is 1.67. The highest BCUT2D eigenvalue weighted by molar-refractivity contribution is 5.45. The zero-order chi connectivity index (χ0) is 21.3. The first-order valence-electron chi connectivity index (χ1n) is 11.3. The number of ether oxygens (including phenoxy) is 2. The van der Waals surface area contributed by atoms with Crippen LogP contribution in [-0.2, 0) is 16.0 Å². The fourth-order valence-corrected chi connectivity index (χ4v) is 5.15. The predicted molar refractivity (Wildman–Crippen MR) is 115 cm³/mol. The highest BCUT2D eigenvalue weighted by Gasteiger charge is 2.48. The third-order valence-corrected chi connectivity index (χ3v) is 6.74. The molecule has 3 fully saturated rings. The molecule has 0 aromatic carbocycles. The number of halogens is 1. The van der Waals surface area contributed by atoms with Crippen LogP contribution in [0.15, 0.2) is 12.1 Å². The number of fused-ring (bicyclic) bond motifs is 2. The summed E-state index contributed by atoms with van der Waals surface area (Å²) in [6, 6.07) is 5.78. The lowest BCUT2D eigenvalue weighted by Crippen LogP contribution is -2.64. The van der Waals surface area contributed by atoms with Crippen molar-refractivity contribution in [1.29, 1.82) is 0 Å². The molecule has 2 bridgehead atoms. The molecular formula is C22H36FN5O2. The summed E-state index contributed by atoms with van der Waals surface area (Å²) in [7, 11) is 1.63. The summed E-state index contributed by atoms with van der Waals surface area (Å²) in [6.45, 7) is 12.3. The number of hydrogen-bond donors (Lipinski definition) is 1. The fourth-order valence-electron chi connectivity index (χ4n) is 5.15. The van der Waals surface area contributed by atoms with Crippen LogP contribution in [0.2, 0.25) is 0 Å². The van der Waals surface area contributed by atoms with E-state index in [2.05, 4.69) is 38.8 Å². The first kappa shape index (κ1) is 21.9. The van der Waals surface area contributed by atoms with E-state index in [-0.39, 0.29) is 12.1 Å². The number of hydrogen-bond acceptors (Lipinski definition) is 7. The number of nitrogens with one attached hydrogen (secondary N) is 1. The number of piperazine rings is 1. The average molecular weight is 422 g/mol. The van der Waals surface area contributed by atoms with Crippen molar-refractivity contribution in [2.75, 3.05) is 51.3 Å². The number of nitrogens with zero attached hydrogens (tertiary/aromatic N) is 4. The molecule has 1 aromatic heterocycles. The average Bonchev–Trinajstić information content (AvgIpc) is 3.29. The molecule has 3 aliphatic rings. The van der Waals surface area contributed by atoms with E-state index in [0.717, 1.165) is 25.3 Å². The molecule has 1 N–H and O–H groups in total. The van der Waals surface area contributed by atoms with E-state index in [1.165, 1.54) is 19.0 Å². The molecule has 168 valence electrons. The lowest BCUT2D eigenvalue weighted by Gasteiger charge is -2.49. The zero-order valence-corrected chi connectivity index (χ0v) is 18.7. The number of methoxy groups -OCH3 is 1. The lowest BCUT2D eigenvalue weighted by molar-refractivity contribution is -0.117. The van der Waals surface area contributed by atoms with Crippen molar-refractivity contribution in [3.05, 3.63) is 23.6 Å². The van der Waals surface area contributed by atoms with Gasteiger partial charge in [0.2, 0.25) is 0 Å². The van der Waals surface area contributed by atoms with E-state index in [1.807, 2.05) is 6.92 Å². The van der Waals surface area contributed by atoms with Crippen LogP contribution >= 0.6 is 0 Å². The Morgan fingerprint density at radius 3 is 2.60 bits per heavy atom. The van der Waals surface area contributed by atoms with Crippen molar-refractivity contribution in [2.24, 2.45) is 0 Å². The molecule has 3 atom stereocenters. The van der Waals surface area contributed by atoms with Gasteiger partial charge in [-0.2, -0.15) is 0 Å². The van der Waals surface area contributed by atoms with Crippen molar-refractivity contribution in [3.8, 4) is 0 Å². The summed E-state index contributed by atoms with van der Waals surface area (Å²) in [5.74, 6) is 0.238. The minimum atomic E-state index is -0.284. The summed E-state index contributed by atoms with van der Waals surface area (Å²) in [4.78, 5) is 12.0. The second kappa shape index (κ2) is 9.44. The van der Waals surface area contributed by atoms with Gasteiger partial charge >= 0.3 is 0 Å². The van der Waals surface area contributed by atoms with Gasteiger partial charge in [-0.15, -0.1) is 0 Å². The maximum Gasteiger partial charge on any atom is 0.169 e. The first-order valence-corrected chi connectivity index (χ1v) is 11.3. The van der Waals surface area contributed by atoms with E-state index in [9.17, 15) is 4.39 Å². The number of rotatable bonds is 10. The van der Waals surface area contributed by atoms with Crippen molar-refractivity contribution in [2.45, 2.75) is 64.2 Å². The molecule has 4 rings (SSSR count). The van der Waals surface area contributed by atoms with E-state index in [0.29, 0.717) is 49.7 Å². The second-order valence-corrected chi connectivity index (χ2v) is 8.95. The van der Waals surface area contributed by atoms with Gasteiger partial charge in [0.25, 0.3) is 0 Å². The van der Waals surface area contributed by atoms with Crippen LogP contribution in [0.1, 0.15) is 32.9 Å². The maximum absolute atomic E-state index is 14.5. The molecule has 30 heavy (non-hydrogen) atoms. The third-order valence-electron chi connectivity index (χ3n) is 6.74. The molecule has 3 aliphatic heterocycles. The van der Waals surface area contributed by atoms with Crippen LogP contribution < -0.4 is 10.2 Å². The Kier molecular flexibility index (Phi) is 6.89. The topological polar surface area (TPSA) is 53.1 Å². The number of anilines is 1. The van der Waals surface area contributed by atoms with Gasteiger partial charge in [0.1, 0.15) is 0 Å². The van der Waals surface area contributed by atoms with Gasteiger partial charge in [-0.25, -0.2) is 9.37 Å². The molecule has 1 aromatic rings. The molecule has 7 nitrogen and oxygen atoms in total. The van der Waals surface area contributed by atoms with Crippen LogP contribution in [-0.4, -0.2) is 91.7 Å². The Balaban J connectivity index is 1.28. The fraction of sp³-hybridized carbons (Fsp3) is 0.773. The van der Waals surface area contributed by atoms with Crippen LogP contribution in [0.4, 0.5) is 10.2 Å². The SMILES string of the molecule is CCOC(CNCc1ccc(F)c(N2CC(N3CC4C[C@H]3CN4C(C)C)C2)n1)OC. The third kappa shape index (κ3) is 4.48. The molecule has 2 unspecified atom stereocenters. The summed E-state index contributed by atoms with van der Waals surface area (Å²) in [6.07, 6.45) is 1.00. The minimum Gasteiger partial charge on any atom is -0.355 e. The largest absolute Gasteiger partial charge is 0.355 e. The lowest BCUT2D eigenvalue weighted by atomic mass is 10.0. The van der Waals surface area contributed by atoms with Crippen LogP contribution in [0.25, 0.3) is 0 Å². The summed E-state index contributed by atoms with van der Waals surface area (Å²) >= 11 is 0. The molecular weight excluding hydrogens is 385 g/mol. The van der Waals surface area contributed by atoms with Gasteiger partial charge in [-0.3, -0.25) is 9.80 Å². The van der Waals surface area contributed by atoms with Crippen molar-refractivity contribution in [3.63, 3.8) is 0 Å². The van der Waals surface area contributed by atoms with Crippen LogP contribution in [0.3, 0.4) is 0 Å². The van der Waals surface area contributed by atoms with Crippen LogP contribution in [0, 0.1) is 5.82 Å². The van der Waals surface area contributed by atoms with Crippen LogP contribution in [0.5, 0.6) is 0 Å². The van der Waals surface area contributed by atoms with Crippen molar-refractivity contribution in [1.82, 2.24) is 20.1 Å². The summed E-state index contributed by atoms with van der Waals surface area (Å²) in [5, 5.41) is 3.28. The maximum atomic E-state index is 14.5. The van der Waals surface area contributed by atoms with Crippen molar-refractivity contribution >= 4 is 5.82 Å². The molecule has 0 spiro atoms. The van der Waals surface area contributed by atoms with Crippen molar-refractivity contribution < 1.29 is 13.9 Å². The Hall–Kier alpha value is -1.32. The summed E-state index contributed by atoms with van der Waals surface area (Å²) < 4.78 is 25.2. The molecule has 4 heterocycles. The molecule has 8 heteroatoms. The highest BCUT2D eigenvalue weighted by atomic mass is 19.1. The number of pyridine rings is 1. The molecule has 3 saturated heterocycles. The quantitative estimate of drug-likeness (QED) is 0.577. The normalized spacial score (nSPS) is 26.0. The highest BCUT2D eigenvalue weighted by Crippen LogP contribution is 2.36. The van der Waals surface area contributed by atoms with Gasteiger partial charge in [-0.05, 0) is 39.3 Å². The minimum absolute atomic E-state index is 0.241.